The van der Waals surface area contributed by atoms with E-state index in [-0.39, 0.29) is 5.41 Å². The van der Waals surface area contributed by atoms with E-state index >= 15 is 0 Å². The van der Waals surface area contributed by atoms with E-state index < -0.39 is 0 Å². The van der Waals surface area contributed by atoms with Crippen molar-refractivity contribution in [2.75, 3.05) is 13.1 Å². The zero-order chi connectivity index (χ0) is 12.2. The van der Waals surface area contributed by atoms with Crippen molar-refractivity contribution < 1.29 is 0 Å². The van der Waals surface area contributed by atoms with Gasteiger partial charge in [-0.25, -0.2) is 4.98 Å². The monoisotopic (exact) mass is 241 g/mol. The number of aromatic nitrogens is 2. The summed E-state index contributed by atoms with van der Waals surface area (Å²) in [7, 11) is 0. The fourth-order valence-electron chi connectivity index (χ4n) is 3.25. The second kappa shape index (κ2) is 3.58. The Morgan fingerprint density at radius 1 is 1.28 bits per heavy atom. The molecule has 0 amide bonds. The molecule has 1 aromatic heterocycles. The summed E-state index contributed by atoms with van der Waals surface area (Å²) in [6.07, 6.45) is 4.22. The van der Waals surface area contributed by atoms with Crippen LogP contribution < -0.4 is 0 Å². The van der Waals surface area contributed by atoms with Crippen molar-refractivity contribution in [2.24, 2.45) is 0 Å². The fourth-order valence-corrected chi connectivity index (χ4v) is 3.25. The lowest BCUT2D eigenvalue weighted by Crippen LogP contribution is -2.62. The van der Waals surface area contributed by atoms with Crippen LogP contribution in [0.3, 0.4) is 0 Å². The average Bonchev–Trinajstić information content (AvgIpc) is 2.68. The molecule has 2 heterocycles. The van der Waals surface area contributed by atoms with Crippen LogP contribution >= 0.6 is 0 Å². The van der Waals surface area contributed by atoms with Crippen LogP contribution in [0, 0.1) is 0 Å². The number of likely N-dealkylation sites (tertiary alicyclic amines) is 1. The second-order valence-electron chi connectivity index (χ2n) is 6.15. The normalized spacial score (nSPS) is 23.8. The lowest BCUT2D eigenvalue weighted by atomic mass is 9.77. The topological polar surface area (TPSA) is 31.9 Å². The molecule has 0 radical (unpaired) electrons. The van der Waals surface area contributed by atoms with Crippen LogP contribution in [-0.2, 0) is 5.41 Å². The molecule has 3 nitrogen and oxygen atoms in total. The first-order chi connectivity index (χ1) is 8.74. The molecule has 18 heavy (non-hydrogen) atoms. The highest BCUT2D eigenvalue weighted by molar-refractivity contribution is 5.75. The molecule has 0 spiro atoms. The van der Waals surface area contributed by atoms with Crippen LogP contribution in [0.1, 0.15) is 32.0 Å². The number of hydrogen-bond donors (Lipinski definition) is 1. The maximum Gasteiger partial charge on any atom is 0.115 e. The van der Waals surface area contributed by atoms with Crippen LogP contribution in [-0.4, -0.2) is 34.0 Å². The first kappa shape index (κ1) is 10.6. The van der Waals surface area contributed by atoms with Crippen molar-refractivity contribution in [2.45, 2.75) is 37.6 Å². The highest BCUT2D eigenvalue weighted by Gasteiger charge is 2.46. The largest absolute Gasteiger partial charge is 0.341 e. The molecular formula is C15H19N3. The minimum atomic E-state index is 0.231. The van der Waals surface area contributed by atoms with Crippen LogP contribution in [0.5, 0.6) is 0 Å². The summed E-state index contributed by atoms with van der Waals surface area (Å²) in [6, 6.07) is 9.17. The van der Waals surface area contributed by atoms with E-state index in [0.29, 0.717) is 0 Å². The molecule has 1 aliphatic carbocycles. The van der Waals surface area contributed by atoms with E-state index in [0.717, 1.165) is 30.2 Å². The molecule has 0 atom stereocenters. The first-order valence-electron chi connectivity index (χ1n) is 6.94. The lowest BCUT2D eigenvalue weighted by molar-refractivity contribution is -0.00153. The van der Waals surface area contributed by atoms with Gasteiger partial charge in [-0.1, -0.05) is 25.5 Å². The van der Waals surface area contributed by atoms with E-state index in [1.54, 1.807) is 0 Å². The second-order valence-corrected chi connectivity index (χ2v) is 6.15. The van der Waals surface area contributed by atoms with Gasteiger partial charge in [0.2, 0.25) is 0 Å². The number of aromatic amines is 1. The quantitative estimate of drug-likeness (QED) is 0.876. The summed E-state index contributed by atoms with van der Waals surface area (Å²) in [4.78, 5) is 10.9. The molecule has 1 aromatic carbocycles. The molecule has 1 saturated heterocycles. The number of nitrogens with one attached hydrogen (secondary N) is 1. The first-order valence-corrected chi connectivity index (χ1v) is 6.94. The summed E-state index contributed by atoms with van der Waals surface area (Å²) in [6.45, 7) is 4.66. The van der Waals surface area contributed by atoms with E-state index in [4.69, 9.17) is 4.98 Å². The smallest absolute Gasteiger partial charge is 0.115 e. The van der Waals surface area contributed by atoms with Gasteiger partial charge in [-0.15, -0.1) is 0 Å². The van der Waals surface area contributed by atoms with Gasteiger partial charge < -0.3 is 4.98 Å². The Morgan fingerprint density at radius 2 is 2.06 bits per heavy atom. The molecule has 1 saturated carbocycles. The zero-order valence-electron chi connectivity index (χ0n) is 10.8. The molecule has 2 fully saturated rings. The molecule has 0 bridgehead atoms. The third-order valence-corrected chi connectivity index (χ3v) is 4.66. The molecule has 1 aliphatic heterocycles. The van der Waals surface area contributed by atoms with Crippen LogP contribution in [0.25, 0.3) is 11.0 Å². The van der Waals surface area contributed by atoms with Crippen LogP contribution in [0.2, 0.25) is 0 Å². The van der Waals surface area contributed by atoms with Gasteiger partial charge in [0, 0.05) is 19.1 Å². The van der Waals surface area contributed by atoms with E-state index in [2.05, 4.69) is 41.1 Å². The Kier molecular flexibility index (Phi) is 2.10. The number of rotatable bonds is 2. The molecule has 0 unspecified atom stereocenters. The maximum absolute atomic E-state index is 4.76. The number of nitrogens with zero attached hydrogens (tertiary/aromatic N) is 2. The van der Waals surface area contributed by atoms with Gasteiger partial charge >= 0.3 is 0 Å². The minimum absolute atomic E-state index is 0.231. The highest BCUT2D eigenvalue weighted by Crippen LogP contribution is 2.39. The number of fused-ring (bicyclic) bond motifs is 1. The van der Waals surface area contributed by atoms with Crippen molar-refractivity contribution in [3.63, 3.8) is 0 Å². The lowest BCUT2D eigenvalue weighted by Gasteiger charge is -2.53. The van der Waals surface area contributed by atoms with Crippen LogP contribution in [0.4, 0.5) is 0 Å². The maximum atomic E-state index is 4.76. The van der Waals surface area contributed by atoms with Crippen molar-refractivity contribution in [3.8, 4) is 0 Å². The number of para-hydroxylation sites is 2. The van der Waals surface area contributed by atoms with Gasteiger partial charge in [0.15, 0.2) is 0 Å². The third-order valence-electron chi connectivity index (χ3n) is 4.66. The van der Waals surface area contributed by atoms with Gasteiger partial charge in [-0.2, -0.15) is 0 Å². The van der Waals surface area contributed by atoms with Gasteiger partial charge in [0.1, 0.15) is 5.82 Å². The van der Waals surface area contributed by atoms with Crippen molar-refractivity contribution in [1.82, 2.24) is 14.9 Å². The Balaban J connectivity index is 1.59. The SMILES string of the molecule is CC1(c2nc3ccccc3[nH]2)CN(C2CCC2)C1. The summed E-state index contributed by atoms with van der Waals surface area (Å²) in [5.41, 5.74) is 2.49. The Morgan fingerprint density at radius 3 is 2.72 bits per heavy atom. The van der Waals surface area contributed by atoms with Gasteiger partial charge in [-0.3, -0.25) is 4.90 Å². The Bertz CT molecular complexity index is 543. The Hall–Kier alpha value is -1.35. The Labute approximate surface area is 107 Å². The summed E-state index contributed by atoms with van der Waals surface area (Å²) >= 11 is 0. The van der Waals surface area contributed by atoms with Crippen molar-refractivity contribution in [1.29, 1.82) is 0 Å². The van der Waals surface area contributed by atoms with Gasteiger partial charge in [-0.05, 0) is 25.0 Å². The number of imidazole rings is 1. The minimum Gasteiger partial charge on any atom is -0.341 e. The summed E-state index contributed by atoms with van der Waals surface area (Å²) < 4.78 is 0. The van der Waals surface area contributed by atoms with E-state index in [9.17, 15) is 0 Å². The van der Waals surface area contributed by atoms with Crippen LogP contribution in [0.15, 0.2) is 24.3 Å². The molecule has 2 aromatic rings. The van der Waals surface area contributed by atoms with Gasteiger partial charge in [0.05, 0.1) is 16.4 Å². The fraction of sp³-hybridized carbons (Fsp3) is 0.533. The standard InChI is InChI=1S/C15H19N3/c1-15(9-18(10-15)11-5-4-6-11)14-16-12-7-2-3-8-13(12)17-14/h2-3,7-8,11H,4-6,9-10H2,1H3,(H,16,17). The average molecular weight is 241 g/mol. The molecule has 94 valence electrons. The molecule has 2 aliphatic rings. The molecule has 1 N–H and O–H groups in total. The number of H-pyrrole nitrogens is 1. The third kappa shape index (κ3) is 1.43. The van der Waals surface area contributed by atoms with E-state index in [1.807, 2.05) is 0 Å². The molecule has 4 rings (SSSR count). The summed E-state index contributed by atoms with van der Waals surface area (Å²) in [5, 5.41) is 0. The van der Waals surface area contributed by atoms with Crippen molar-refractivity contribution >= 4 is 11.0 Å². The zero-order valence-corrected chi connectivity index (χ0v) is 10.8. The molecule has 3 heteroatoms. The van der Waals surface area contributed by atoms with E-state index in [1.165, 1.54) is 25.1 Å². The number of hydrogen-bond acceptors (Lipinski definition) is 2. The van der Waals surface area contributed by atoms with Crippen molar-refractivity contribution in [3.05, 3.63) is 30.1 Å². The number of benzene rings is 1. The predicted molar refractivity (Wildman–Crippen MR) is 72.7 cm³/mol. The summed E-state index contributed by atoms with van der Waals surface area (Å²) in [5.74, 6) is 1.17. The highest BCUT2D eigenvalue weighted by atomic mass is 15.3. The van der Waals surface area contributed by atoms with Gasteiger partial charge in [0.25, 0.3) is 0 Å². The predicted octanol–water partition coefficient (Wildman–Crippen LogP) is 2.69. The molecular weight excluding hydrogens is 222 g/mol.